The molecule has 0 aromatic carbocycles. The molecule has 7 nitrogen and oxygen atoms in total. The van der Waals surface area contributed by atoms with Crippen LogP contribution in [0.5, 0.6) is 0 Å². The van der Waals surface area contributed by atoms with Gasteiger partial charge in [-0.3, -0.25) is 9.02 Å². The van der Waals surface area contributed by atoms with Crippen molar-refractivity contribution in [3.8, 4) is 0 Å². The van der Waals surface area contributed by atoms with Crippen molar-refractivity contribution < 1.29 is 31.4 Å². The first-order valence-corrected chi connectivity index (χ1v) is 5.61. The van der Waals surface area contributed by atoms with Crippen LogP contribution in [0.25, 0.3) is 0 Å². The number of rotatable bonds is 4. The van der Waals surface area contributed by atoms with E-state index in [1.54, 1.807) is 14.1 Å². The molecule has 0 amide bonds. The summed E-state index contributed by atoms with van der Waals surface area (Å²) >= 11 is 0. The highest BCUT2D eigenvalue weighted by atomic mass is 32.3. The highest BCUT2D eigenvalue weighted by molar-refractivity contribution is 7.80. The fourth-order valence-corrected chi connectivity index (χ4v) is 0.345. The molecule has 0 saturated carbocycles. The summed E-state index contributed by atoms with van der Waals surface area (Å²) in [6.07, 6.45) is 1.16. The highest BCUT2D eigenvalue weighted by Gasteiger charge is 2.16. The quantitative estimate of drug-likeness (QED) is 0.227. The Bertz CT molecular complexity index is 321. The molecule has 0 fully saturated rings. The maximum absolute atomic E-state index is 10.6. The molecule has 0 aliphatic rings. The summed E-state index contributed by atoms with van der Waals surface area (Å²) in [5.41, 5.74) is 0. The van der Waals surface area contributed by atoms with Crippen LogP contribution in [0.2, 0.25) is 0 Å². The van der Waals surface area contributed by atoms with Gasteiger partial charge >= 0.3 is 5.97 Å². The molecular weight excluding hydrogens is 238 g/mol. The summed E-state index contributed by atoms with van der Waals surface area (Å²) < 4.78 is 31.3. The number of hydrogen-bond donors (Lipinski definition) is 0. The van der Waals surface area contributed by atoms with Crippen molar-refractivity contribution >= 4 is 16.4 Å². The molecule has 0 bridgehead atoms. The third-order valence-electron chi connectivity index (χ3n) is 1.47. The Morgan fingerprint density at radius 1 is 1.50 bits per heavy atom. The van der Waals surface area contributed by atoms with E-state index in [1.165, 1.54) is 0 Å². The van der Waals surface area contributed by atoms with Gasteiger partial charge in [-0.15, -0.1) is 4.65 Å². The largest absolute Gasteiger partial charge is 0.726 e. The van der Waals surface area contributed by atoms with Crippen LogP contribution in [0.15, 0.2) is 12.7 Å². The van der Waals surface area contributed by atoms with Crippen molar-refractivity contribution in [1.29, 1.82) is 0 Å². The first-order valence-electron chi connectivity index (χ1n) is 4.28. The smallest absolute Gasteiger partial charge is 0.389 e. The van der Waals surface area contributed by atoms with Crippen LogP contribution >= 0.6 is 0 Å². The predicted octanol–water partition coefficient (Wildman–Crippen LogP) is -0.180. The molecule has 0 radical (unpaired) electrons. The maximum atomic E-state index is 10.6. The van der Waals surface area contributed by atoms with E-state index < -0.39 is 10.4 Å². The Balaban J connectivity index is 0. The molecular formula is C8H17NO6S. The Kier molecular flexibility index (Phi) is 7.99. The molecule has 0 aliphatic heterocycles. The predicted molar refractivity (Wildman–Crippen MR) is 55.6 cm³/mol. The minimum absolute atomic E-state index is 0.241. The van der Waals surface area contributed by atoms with E-state index in [0.717, 1.165) is 19.7 Å². The van der Waals surface area contributed by atoms with Gasteiger partial charge in [-0.2, -0.15) is 0 Å². The minimum atomic E-state index is -4.41. The molecule has 96 valence electrons. The zero-order chi connectivity index (χ0) is 13.4. The van der Waals surface area contributed by atoms with Crippen molar-refractivity contribution in [3.05, 3.63) is 12.7 Å². The summed E-state index contributed by atoms with van der Waals surface area (Å²) in [5.74, 6) is -0.383. The van der Waals surface area contributed by atoms with Crippen LogP contribution in [0, 0.1) is 0 Å². The lowest BCUT2D eigenvalue weighted by atomic mass is 10.6. The van der Waals surface area contributed by atoms with Crippen molar-refractivity contribution in [1.82, 2.24) is 0 Å². The standard InChI is InChI=1S/C7H14NO2.CH4O4S/c1-5-7(9)10-8(3,4)6-2;1-5-6(2,3)4/h5H,1,6H2,2-4H3;1H3,(H,2,3,4)/q+1;/p-1. The third kappa shape index (κ3) is 13.0. The molecule has 0 aliphatic carbocycles. The van der Waals surface area contributed by atoms with Gasteiger partial charge in [-0.05, 0) is 6.92 Å². The second-order valence-electron chi connectivity index (χ2n) is 3.08. The van der Waals surface area contributed by atoms with Crippen LogP contribution in [-0.2, 0) is 24.2 Å². The van der Waals surface area contributed by atoms with Crippen molar-refractivity contribution in [3.63, 3.8) is 0 Å². The highest BCUT2D eigenvalue weighted by Crippen LogP contribution is 1.97. The van der Waals surface area contributed by atoms with Crippen LogP contribution in [-0.4, -0.2) is 51.3 Å². The van der Waals surface area contributed by atoms with Gasteiger partial charge in [0.15, 0.2) is 0 Å². The van der Waals surface area contributed by atoms with E-state index in [-0.39, 0.29) is 10.6 Å². The molecule has 0 unspecified atom stereocenters. The number of carbonyl (C=O) groups is 1. The van der Waals surface area contributed by atoms with E-state index >= 15 is 0 Å². The monoisotopic (exact) mass is 255 g/mol. The second-order valence-corrected chi connectivity index (χ2v) is 4.23. The zero-order valence-electron chi connectivity index (χ0n) is 9.80. The SMILES string of the molecule is C=CC(=O)O[N+](C)(C)CC.COS(=O)(=O)[O-]. The van der Waals surface area contributed by atoms with E-state index in [9.17, 15) is 17.8 Å². The van der Waals surface area contributed by atoms with Gasteiger partial charge in [-0.1, -0.05) is 6.58 Å². The van der Waals surface area contributed by atoms with Crippen LogP contribution in [0.4, 0.5) is 0 Å². The van der Waals surface area contributed by atoms with Crippen LogP contribution < -0.4 is 0 Å². The molecule has 0 saturated heterocycles. The number of hydroxylamine groups is 3. The van der Waals surface area contributed by atoms with Crippen molar-refractivity contribution in [2.45, 2.75) is 6.92 Å². The minimum Gasteiger partial charge on any atom is -0.726 e. The molecule has 0 heterocycles. The van der Waals surface area contributed by atoms with Gasteiger partial charge in [0.25, 0.3) is 0 Å². The summed E-state index contributed by atoms with van der Waals surface area (Å²) in [5, 5.41) is 0. The Hall–Kier alpha value is -0.960. The average molecular weight is 255 g/mol. The van der Waals surface area contributed by atoms with Gasteiger partial charge in [-0.25, -0.2) is 13.2 Å². The van der Waals surface area contributed by atoms with Crippen molar-refractivity contribution in [2.75, 3.05) is 27.7 Å². The molecule has 0 atom stereocenters. The van der Waals surface area contributed by atoms with Gasteiger partial charge in [0.05, 0.1) is 7.11 Å². The molecule has 0 spiro atoms. The van der Waals surface area contributed by atoms with Crippen LogP contribution in [0.1, 0.15) is 6.92 Å². The van der Waals surface area contributed by atoms with E-state index in [2.05, 4.69) is 10.8 Å². The summed E-state index contributed by atoms with van der Waals surface area (Å²) in [7, 11) is 0.00972. The Labute approximate surface area is 95.8 Å². The molecule has 0 aromatic rings. The Morgan fingerprint density at radius 2 is 1.88 bits per heavy atom. The molecule has 0 aromatic heterocycles. The third-order valence-corrected chi connectivity index (χ3v) is 1.88. The second kappa shape index (κ2) is 7.34. The number of nitrogens with zero attached hydrogens (tertiary/aromatic N) is 1. The zero-order valence-corrected chi connectivity index (χ0v) is 10.6. The molecule has 0 N–H and O–H groups in total. The fraction of sp³-hybridized carbons (Fsp3) is 0.625. The summed E-state index contributed by atoms with van der Waals surface area (Å²) in [6.45, 7) is 5.98. The van der Waals surface area contributed by atoms with Gasteiger partial charge < -0.3 is 4.55 Å². The number of quaternary nitrogens is 1. The summed E-state index contributed by atoms with van der Waals surface area (Å²) in [4.78, 5) is 15.5. The average Bonchev–Trinajstić information content (AvgIpc) is 2.17. The lowest BCUT2D eigenvalue weighted by molar-refractivity contribution is -1.06. The topological polar surface area (TPSA) is 92.7 Å². The van der Waals surface area contributed by atoms with Crippen molar-refractivity contribution in [2.24, 2.45) is 0 Å². The maximum Gasteiger partial charge on any atom is 0.389 e. The molecule has 0 rings (SSSR count). The van der Waals surface area contributed by atoms with E-state index in [4.69, 9.17) is 4.84 Å². The molecule has 16 heavy (non-hydrogen) atoms. The van der Waals surface area contributed by atoms with Crippen LogP contribution in [0.3, 0.4) is 0 Å². The number of carbonyl (C=O) groups excluding carboxylic acids is 1. The van der Waals surface area contributed by atoms with Gasteiger partial charge in [0, 0.05) is 6.08 Å². The first-order chi connectivity index (χ1) is 7.08. The Morgan fingerprint density at radius 3 is 2.06 bits per heavy atom. The van der Waals surface area contributed by atoms with E-state index in [0.29, 0.717) is 0 Å². The first kappa shape index (κ1) is 17.4. The number of hydrogen-bond acceptors (Lipinski definition) is 6. The lowest BCUT2D eigenvalue weighted by Gasteiger charge is -2.23. The van der Waals surface area contributed by atoms with E-state index in [1.807, 2.05) is 6.92 Å². The fourth-order valence-electron chi connectivity index (χ4n) is 0.345. The summed E-state index contributed by atoms with van der Waals surface area (Å²) in [6, 6.07) is 0. The van der Waals surface area contributed by atoms with Gasteiger partial charge in [0.2, 0.25) is 10.4 Å². The normalized spacial score (nSPS) is 11.1. The molecule has 8 heteroatoms. The van der Waals surface area contributed by atoms with Gasteiger partial charge in [0.1, 0.15) is 20.6 Å². The lowest BCUT2D eigenvalue weighted by Crippen LogP contribution is -2.40.